The van der Waals surface area contributed by atoms with Gasteiger partial charge >= 0.3 is 0 Å². The molecule has 1 atom stereocenters. The van der Waals surface area contributed by atoms with Crippen LogP contribution in [0.15, 0.2) is 12.2 Å². The molecule has 0 aromatic rings. The highest BCUT2D eigenvalue weighted by Crippen LogP contribution is 2.01. The third-order valence-corrected chi connectivity index (χ3v) is 1.49. The molecular formula is C7H13Cl2NO2. The van der Waals surface area contributed by atoms with Crippen LogP contribution in [0.1, 0.15) is 6.92 Å². The number of hydrogen-bond donors (Lipinski definition) is 1. The molecule has 0 bridgehead atoms. The highest BCUT2D eigenvalue weighted by molar-refractivity contribution is 5.85. The lowest BCUT2D eigenvalue weighted by Crippen LogP contribution is -2.35. The van der Waals surface area contributed by atoms with Crippen molar-refractivity contribution in [3.05, 3.63) is 12.2 Å². The maximum atomic E-state index is 11.0. The van der Waals surface area contributed by atoms with Crippen LogP contribution in [0, 0.1) is 0 Å². The smallest absolute Gasteiger partial charge is 0.251 e. The first-order valence-electron chi connectivity index (χ1n) is 3.33. The molecule has 0 fully saturated rings. The van der Waals surface area contributed by atoms with E-state index in [2.05, 4.69) is 0 Å². The van der Waals surface area contributed by atoms with E-state index in [9.17, 15) is 4.79 Å². The zero-order valence-corrected chi connectivity index (χ0v) is 8.40. The van der Waals surface area contributed by atoms with E-state index in [0.29, 0.717) is 13.1 Å². The van der Waals surface area contributed by atoms with Crippen molar-refractivity contribution in [2.75, 3.05) is 13.1 Å². The molecule has 0 saturated heterocycles. The molecule has 0 aromatic heterocycles. The summed E-state index contributed by atoms with van der Waals surface area (Å²) in [5.41, 5.74) is 0. The van der Waals surface area contributed by atoms with E-state index in [1.165, 1.54) is 6.92 Å². The zero-order chi connectivity index (χ0) is 7.56. The Kier molecular flexibility index (Phi) is 7.48. The van der Waals surface area contributed by atoms with E-state index < -0.39 is 6.10 Å². The van der Waals surface area contributed by atoms with Gasteiger partial charge in [-0.1, -0.05) is 12.2 Å². The van der Waals surface area contributed by atoms with Crippen molar-refractivity contribution in [3.8, 4) is 0 Å². The Morgan fingerprint density at radius 1 is 1.42 bits per heavy atom. The van der Waals surface area contributed by atoms with Gasteiger partial charge in [0.2, 0.25) is 0 Å². The molecule has 72 valence electrons. The second-order valence-electron chi connectivity index (χ2n) is 2.39. The van der Waals surface area contributed by atoms with Gasteiger partial charge in [0.15, 0.2) is 0 Å². The monoisotopic (exact) mass is 213 g/mol. The molecule has 0 spiro atoms. The minimum atomic E-state index is -0.861. The van der Waals surface area contributed by atoms with Crippen molar-refractivity contribution in [1.29, 1.82) is 0 Å². The molecule has 0 radical (unpaired) electrons. The van der Waals surface area contributed by atoms with Crippen molar-refractivity contribution < 1.29 is 9.90 Å². The van der Waals surface area contributed by atoms with Gasteiger partial charge in [0.1, 0.15) is 6.10 Å². The van der Waals surface area contributed by atoms with Gasteiger partial charge in [0, 0.05) is 13.1 Å². The van der Waals surface area contributed by atoms with Crippen LogP contribution in [0.4, 0.5) is 0 Å². The number of aliphatic hydroxyl groups is 1. The first-order chi connectivity index (χ1) is 4.72. The van der Waals surface area contributed by atoms with Crippen molar-refractivity contribution in [1.82, 2.24) is 4.90 Å². The number of amides is 1. The van der Waals surface area contributed by atoms with Crippen LogP contribution < -0.4 is 0 Å². The van der Waals surface area contributed by atoms with Gasteiger partial charge in [-0.2, -0.15) is 0 Å². The second-order valence-corrected chi connectivity index (χ2v) is 2.39. The molecule has 1 aliphatic rings. The molecule has 1 aliphatic heterocycles. The van der Waals surface area contributed by atoms with Crippen LogP contribution in [0.2, 0.25) is 0 Å². The fourth-order valence-corrected chi connectivity index (χ4v) is 0.922. The molecule has 1 heterocycles. The third kappa shape index (κ3) is 3.43. The fraction of sp³-hybridized carbons (Fsp3) is 0.571. The van der Waals surface area contributed by atoms with Gasteiger partial charge < -0.3 is 10.0 Å². The van der Waals surface area contributed by atoms with Crippen LogP contribution in [0.25, 0.3) is 0 Å². The van der Waals surface area contributed by atoms with Gasteiger partial charge in [0.25, 0.3) is 5.91 Å². The molecule has 12 heavy (non-hydrogen) atoms. The van der Waals surface area contributed by atoms with Crippen LogP contribution in [-0.4, -0.2) is 35.1 Å². The minimum absolute atomic E-state index is 0. The SMILES string of the molecule is CC(O)C(=O)N1CC=CC1.Cl.Cl. The van der Waals surface area contributed by atoms with Crippen molar-refractivity contribution >= 4 is 30.7 Å². The number of hydrogen-bond acceptors (Lipinski definition) is 2. The van der Waals surface area contributed by atoms with E-state index in [1.807, 2.05) is 12.2 Å². The molecule has 1 unspecified atom stereocenters. The highest BCUT2D eigenvalue weighted by Gasteiger charge is 2.17. The molecule has 1 N–H and O–H groups in total. The van der Waals surface area contributed by atoms with E-state index >= 15 is 0 Å². The lowest BCUT2D eigenvalue weighted by molar-refractivity contribution is -0.137. The Hall–Kier alpha value is -0.250. The van der Waals surface area contributed by atoms with E-state index in [0.717, 1.165) is 0 Å². The summed E-state index contributed by atoms with van der Waals surface area (Å²) in [6, 6.07) is 0. The van der Waals surface area contributed by atoms with Crippen LogP contribution >= 0.6 is 24.8 Å². The summed E-state index contributed by atoms with van der Waals surface area (Å²) in [7, 11) is 0. The van der Waals surface area contributed by atoms with Crippen LogP contribution in [-0.2, 0) is 4.79 Å². The Balaban J connectivity index is 0. The molecule has 0 saturated carbocycles. The first kappa shape index (κ1) is 14.3. The topological polar surface area (TPSA) is 40.5 Å². The van der Waals surface area contributed by atoms with Crippen molar-refractivity contribution in [3.63, 3.8) is 0 Å². The molecule has 1 rings (SSSR count). The normalized spacial score (nSPS) is 16.3. The number of rotatable bonds is 1. The van der Waals surface area contributed by atoms with Crippen molar-refractivity contribution in [2.24, 2.45) is 0 Å². The Bertz CT molecular complexity index is 163. The summed E-state index contributed by atoms with van der Waals surface area (Å²) >= 11 is 0. The average molecular weight is 214 g/mol. The molecule has 1 amide bonds. The van der Waals surface area contributed by atoms with E-state index in [1.54, 1.807) is 4.90 Å². The second kappa shape index (κ2) is 6.29. The molecule has 0 aliphatic carbocycles. The fourth-order valence-electron chi connectivity index (χ4n) is 0.922. The van der Waals surface area contributed by atoms with Crippen LogP contribution in [0.3, 0.4) is 0 Å². The molecule has 3 nitrogen and oxygen atoms in total. The van der Waals surface area contributed by atoms with E-state index in [-0.39, 0.29) is 30.7 Å². The third-order valence-electron chi connectivity index (χ3n) is 1.49. The lowest BCUT2D eigenvalue weighted by atomic mass is 10.3. The van der Waals surface area contributed by atoms with Gasteiger partial charge in [-0.25, -0.2) is 0 Å². The van der Waals surface area contributed by atoms with Gasteiger partial charge in [0.05, 0.1) is 0 Å². The number of aliphatic hydroxyl groups excluding tert-OH is 1. The number of nitrogens with zero attached hydrogens (tertiary/aromatic N) is 1. The summed E-state index contributed by atoms with van der Waals surface area (Å²) in [6.45, 7) is 2.77. The molecular weight excluding hydrogens is 201 g/mol. The first-order valence-corrected chi connectivity index (χ1v) is 3.33. The summed E-state index contributed by atoms with van der Waals surface area (Å²) in [4.78, 5) is 12.6. The number of carbonyl (C=O) groups is 1. The summed E-state index contributed by atoms with van der Waals surface area (Å²) < 4.78 is 0. The summed E-state index contributed by atoms with van der Waals surface area (Å²) in [6.07, 6.45) is 2.97. The Morgan fingerprint density at radius 2 is 1.83 bits per heavy atom. The molecule has 5 heteroatoms. The quantitative estimate of drug-likeness (QED) is 0.649. The maximum Gasteiger partial charge on any atom is 0.251 e. The maximum absolute atomic E-state index is 11.0. The number of halogens is 2. The van der Waals surface area contributed by atoms with Gasteiger partial charge in [-0.05, 0) is 6.92 Å². The number of carbonyl (C=O) groups excluding carboxylic acids is 1. The molecule has 0 aromatic carbocycles. The summed E-state index contributed by atoms with van der Waals surface area (Å²) in [5, 5.41) is 8.86. The van der Waals surface area contributed by atoms with Gasteiger partial charge in [-0.15, -0.1) is 24.8 Å². The largest absolute Gasteiger partial charge is 0.384 e. The highest BCUT2D eigenvalue weighted by atomic mass is 35.5. The standard InChI is InChI=1S/C7H11NO2.2ClH/c1-6(9)7(10)8-4-2-3-5-8;;/h2-3,6,9H,4-5H2,1H3;2*1H. The van der Waals surface area contributed by atoms with Crippen molar-refractivity contribution in [2.45, 2.75) is 13.0 Å². The minimum Gasteiger partial charge on any atom is -0.384 e. The zero-order valence-electron chi connectivity index (χ0n) is 6.77. The Morgan fingerprint density at radius 3 is 2.17 bits per heavy atom. The van der Waals surface area contributed by atoms with Crippen LogP contribution in [0.5, 0.6) is 0 Å². The predicted molar refractivity (Wildman–Crippen MR) is 51.9 cm³/mol. The van der Waals surface area contributed by atoms with Gasteiger partial charge in [-0.3, -0.25) is 4.79 Å². The average Bonchev–Trinajstić information content (AvgIpc) is 2.36. The van der Waals surface area contributed by atoms with E-state index in [4.69, 9.17) is 5.11 Å². The predicted octanol–water partition coefficient (Wildman–Crippen LogP) is 0.609. The lowest BCUT2D eigenvalue weighted by Gasteiger charge is -2.16. The Labute approximate surface area is 84.3 Å². The summed E-state index contributed by atoms with van der Waals surface area (Å²) in [5.74, 6) is -0.190.